The van der Waals surface area contributed by atoms with Gasteiger partial charge in [-0.25, -0.2) is 8.78 Å². The molecule has 72 valence electrons. The number of nitrogens with two attached hydrogens (primary N) is 1. The maximum atomic E-state index is 12.3. The summed E-state index contributed by atoms with van der Waals surface area (Å²) < 4.78 is 24.7. The van der Waals surface area contributed by atoms with Crippen LogP contribution in [0.4, 0.5) is 8.78 Å². The summed E-state index contributed by atoms with van der Waals surface area (Å²) in [6, 6.07) is 5.67. The fourth-order valence-corrected chi connectivity index (χ4v) is 1.11. The topological polar surface area (TPSA) is 46.2 Å². The fraction of sp³-hybridized carbons (Fsp3) is 0.333. The van der Waals surface area contributed by atoms with Crippen molar-refractivity contribution in [2.24, 2.45) is 5.73 Å². The van der Waals surface area contributed by atoms with Crippen LogP contribution >= 0.6 is 0 Å². The average molecular weight is 187 g/mol. The molecule has 0 aliphatic heterocycles. The highest BCUT2D eigenvalue weighted by Crippen LogP contribution is 2.23. The van der Waals surface area contributed by atoms with Crippen LogP contribution in [0.5, 0.6) is 5.75 Å². The molecule has 0 fully saturated rings. The molecule has 0 aliphatic carbocycles. The van der Waals surface area contributed by atoms with Crippen LogP contribution in [0.3, 0.4) is 0 Å². The standard InChI is InChI=1S/C9H11F2NO/c10-9(11)8(5-12)6-1-3-7(13)4-2-6/h1-4,8-9,13H,5,12H2. The van der Waals surface area contributed by atoms with Crippen LogP contribution in [0.2, 0.25) is 0 Å². The summed E-state index contributed by atoms with van der Waals surface area (Å²) in [5.41, 5.74) is 5.66. The first-order valence-electron chi connectivity index (χ1n) is 3.92. The number of hydrogen-bond acceptors (Lipinski definition) is 2. The van der Waals surface area contributed by atoms with Crippen LogP contribution in [-0.4, -0.2) is 18.1 Å². The molecule has 0 amide bonds. The van der Waals surface area contributed by atoms with E-state index in [-0.39, 0.29) is 12.3 Å². The molecule has 0 saturated heterocycles. The Morgan fingerprint density at radius 2 is 1.77 bits per heavy atom. The van der Waals surface area contributed by atoms with E-state index in [9.17, 15) is 8.78 Å². The number of rotatable bonds is 3. The molecule has 1 rings (SSSR count). The summed E-state index contributed by atoms with van der Waals surface area (Å²) in [4.78, 5) is 0. The molecule has 0 spiro atoms. The molecule has 1 aromatic carbocycles. The van der Waals surface area contributed by atoms with Gasteiger partial charge < -0.3 is 10.8 Å². The third-order valence-electron chi connectivity index (χ3n) is 1.88. The maximum Gasteiger partial charge on any atom is 0.246 e. The van der Waals surface area contributed by atoms with Gasteiger partial charge in [0.25, 0.3) is 0 Å². The number of hydrogen-bond donors (Lipinski definition) is 2. The Morgan fingerprint density at radius 3 is 2.15 bits per heavy atom. The molecule has 0 aliphatic rings. The molecule has 13 heavy (non-hydrogen) atoms. The van der Waals surface area contributed by atoms with Crippen LogP contribution in [-0.2, 0) is 0 Å². The van der Waals surface area contributed by atoms with Gasteiger partial charge in [0.1, 0.15) is 5.75 Å². The minimum atomic E-state index is -2.46. The number of halogens is 2. The van der Waals surface area contributed by atoms with Crippen molar-refractivity contribution >= 4 is 0 Å². The lowest BCUT2D eigenvalue weighted by atomic mass is 10.00. The molecule has 0 aromatic heterocycles. The third-order valence-corrected chi connectivity index (χ3v) is 1.88. The summed E-state index contributed by atoms with van der Waals surface area (Å²) >= 11 is 0. The number of phenols is 1. The lowest BCUT2D eigenvalue weighted by Crippen LogP contribution is -2.19. The zero-order chi connectivity index (χ0) is 9.84. The molecule has 1 aromatic rings. The second kappa shape index (κ2) is 4.18. The van der Waals surface area contributed by atoms with Gasteiger partial charge in [0.05, 0.1) is 5.92 Å². The Bertz CT molecular complexity index is 261. The zero-order valence-electron chi connectivity index (χ0n) is 6.95. The number of phenolic OH excluding ortho intramolecular Hbond substituents is 1. The molecule has 0 bridgehead atoms. The lowest BCUT2D eigenvalue weighted by Gasteiger charge is -2.13. The van der Waals surface area contributed by atoms with E-state index in [0.29, 0.717) is 5.56 Å². The summed E-state index contributed by atoms with van der Waals surface area (Å²) in [6.45, 7) is -0.0948. The van der Waals surface area contributed by atoms with Crippen molar-refractivity contribution in [3.05, 3.63) is 29.8 Å². The Morgan fingerprint density at radius 1 is 1.23 bits per heavy atom. The number of aromatic hydroxyl groups is 1. The fourth-order valence-electron chi connectivity index (χ4n) is 1.11. The molecule has 0 radical (unpaired) electrons. The van der Waals surface area contributed by atoms with Crippen molar-refractivity contribution in [2.75, 3.05) is 6.54 Å². The highest BCUT2D eigenvalue weighted by atomic mass is 19.3. The first-order chi connectivity index (χ1) is 6.15. The molecule has 1 atom stereocenters. The summed E-state index contributed by atoms with van der Waals surface area (Å²) in [5.74, 6) is -0.880. The van der Waals surface area contributed by atoms with Crippen molar-refractivity contribution in [1.82, 2.24) is 0 Å². The van der Waals surface area contributed by atoms with E-state index in [2.05, 4.69) is 0 Å². The Kier molecular flexibility index (Phi) is 3.19. The summed E-state index contributed by atoms with van der Waals surface area (Å²) in [6.07, 6.45) is -2.46. The smallest absolute Gasteiger partial charge is 0.246 e. The Labute approximate surface area is 75.0 Å². The first-order valence-corrected chi connectivity index (χ1v) is 3.92. The number of alkyl halides is 2. The third kappa shape index (κ3) is 2.39. The summed E-state index contributed by atoms with van der Waals surface area (Å²) in [5, 5.41) is 8.93. The Balaban J connectivity index is 2.86. The van der Waals surface area contributed by atoms with Gasteiger partial charge in [-0.3, -0.25) is 0 Å². The second-order valence-corrected chi connectivity index (χ2v) is 2.77. The van der Waals surface area contributed by atoms with Crippen molar-refractivity contribution in [1.29, 1.82) is 0 Å². The highest BCUT2D eigenvalue weighted by Gasteiger charge is 2.20. The van der Waals surface area contributed by atoms with Crippen LogP contribution in [0.15, 0.2) is 24.3 Å². The SMILES string of the molecule is NCC(c1ccc(O)cc1)C(F)F. The van der Waals surface area contributed by atoms with Gasteiger partial charge in [0, 0.05) is 6.54 Å². The van der Waals surface area contributed by atoms with Gasteiger partial charge in [0.15, 0.2) is 0 Å². The van der Waals surface area contributed by atoms with Crippen LogP contribution < -0.4 is 5.73 Å². The van der Waals surface area contributed by atoms with E-state index >= 15 is 0 Å². The van der Waals surface area contributed by atoms with Crippen LogP contribution in [0.25, 0.3) is 0 Å². The monoisotopic (exact) mass is 187 g/mol. The molecular formula is C9H11F2NO. The van der Waals surface area contributed by atoms with Gasteiger partial charge in [-0.05, 0) is 17.7 Å². The molecule has 0 heterocycles. The quantitative estimate of drug-likeness (QED) is 0.756. The van der Waals surface area contributed by atoms with E-state index in [0.717, 1.165) is 0 Å². The lowest BCUT2D eigenvalue weighted by molar-refractivity contribution is 0.117. The van der Waals surface area contributed by atoms with E-state index in [1.807, 2.05) is 0 Å². The van der Waals surface area contributed by atoms with Crippen molar-refractivity contribution in [3.8, 4) is 5.75 Å². The van der Waals surface area contributed by atoms with E-state index in [1.54, 1.807) is 0 Å². The van der Waals surface area contributed by atoms with E-state index in [4.69, 9.17) is 10.8 Å². The number of benzene rings is 1. The predicted octanol–water partition coefficient (Wildman–Crippen LogP) is 1.70. The predicted molar refractivity (Wildman–Crippen MR) is 45.9 cm³/mol. The average Bonchev–Trinajstić information content (AvgIpc) is 2.09. The zero-order valence-corrected chi connectivity index (χ0v) is 6.95. The van der Waals surface area contributed by atoms with Gasteiger partial charge in [-0.1, -0.05) is 12.1 Å². The maximum absolute atomic E-state index is 12.3. The van der Waals surface area contributed by atoms with Gasteiger partial charge >= 0.3 is 0 Å². The van der Waals surface area contributed by atoms with Gasteiger partial charge in [0.2, 0.25) is 6.43 Å². The van der Waals surface area contributed by atoms with Crippen LogP contribution in [0, 0.1) is 0 Å². The van der Waals surface area contributed by atoms with Gasteiger partial charge in [-0.15, -0.1) is 0 Å². The van der Waals surface area contributed by atoms with Crippen LogP contribution in [0.1, 0.15) is 11.5 Å². The van der Waals surface area contributed by atoms with E-state index < -0.39 is 12.3 Å². The molecule has 2 nitrogen and oxygen atoms in total. The summed E-state index contributed by atoms with van der Waals surface area (Å²) in [7, 11) is 0. The van der Waals surface area contributed by atoms with Crippen molar-refractivity contribution in [2.45, 2.75) is 12.3 Å². The minimum absolute atomic E-state index is 0.0637. The molecular weight excluding hydrogens is 176 g/mol. The second-order valence-electron chi connectivity index (χ2n) is 2.77. The van der Waals surface area contributed by atoms with Crippen molar-refractivity contribution in [3.63, 3.8) is 0 Å². The largest absolute Gasteiger partial charge is 0.508 e. The normalized spacial score (nSPS) is 13.2. The molecule has 0 saturated carbocycles. The first kappa shape index (κ1) is 9.92. The molecule has 3 N–H and O–H groups in total. The van der Waals surface area contributed by atoms with Gasteiger partial charge in [-0.2, -0.15) is 0 Å². The highest BCUT2D eigenvalue weighted by molar-refractivity contribution is 5.28. The van der Waals surface area contributed by atoms with Crippen molar-refractivity contribution < 1.29 is 13.9 Å². The van der Waals surface area contributed by atoms with E-state index in [1.165, 1.54) is 24.3 Å². The Hall–Kier alpha value is -1.16. The molecule has 4 heteroatoms. The molecule has 1 unspecified atom stereocenters. The minimum Gasteiger partial charge on any atom is -0.508 e.